The summed E-state index contributed by atoms with van der Waals surface area (Å²) in [6.07, 6.45) is 0. The summed E-state index contributed by atoms with van der Waals surface area (Å²) in [6, 6.07) is 21.6. The zero-order valence-electron chi connectivity index (χ0n) is 15.6. The summed E-state index contributed by atoms with van der Waals surface area (Å²) in [7, 11) is 0. The number of amides is 1. The molecule has 0 spiro atoms. The molecule has 0 atom stereocenters. The summed E-state index contributed by atoms with van der Waals surface area (Å²) < 4.78 is 1.25. The predicted octanol–water partition coefficient (Wildman–Crippen LogP) is 4.09. The van der Waals surface area contributed by atoms with Gasteiger partial charge >= 0.3 is 0 Å². The average Bonchev–Trinajstić information content (AvgIpc) is 3.47. The van der Waals surface area contributed by atoms with Crippen LogP contribution in [0.4, 0.5) is 5.82 Å². The Kier molecular flexibility index (Phi) is 4.45. The van der Waals surface area contributed by atoms with Crippen molar-refractivity contribution in [1.29, 1.82) is 0 Å². The Bertz CT molecular complexity index is 1400. The van der Waals surface area contributed by atoms with Gasteiger partial charge in [-0.05, 0) is 29.6 Å². The molecule has 0 saturated heterocycles. The number of aromatic nitrogens is 4. The Balaban J connectivity index is 1.57. The van der Waals surface area contributed by atoms with Gasteiger partial charge in [-0.15, -0.1) is 11.3 Å². The van der Waals surface area contributed by atoms with Crippen LogP contribution >= 0.6 is 11.3 Å². The van der Waals surface area contributed by atoms with Crippen LogP contribution in [0, 0.1) is 0 Å². The number of aromatic amines is 1. The Morgan fingerprint density at radius 1 is 0.967 bits per heavy atom. The van der Waals surface area contributed by atoms with Crippen molar-refractivity contribution in [3.05, 3.63) is 94.2 Å². The van der Waals surface area contributed by atoms with E-state index >= 15 is 0 Å². The number of hydrogen-bond donors (Lipinski definition) is 2. The molecule has 5 rings (SSSR count). The minimum atomic E-state index is -0.444. The van der Waals surface area contributed by atoms with E-state index in [1.54, 1.807) is 53.8 Å². The summed E-state index contributed by atoms with van der Waals surface area (Å²) in [4.78, 5) is 27.0. The van der Waals surface area contributed by atoms with Gasteiger partial charge in [-0.3, -0.25) is 14.7 Å². The van der Waals surface area contributed by atoms with Gasteiger partial charge in [-0.25, -0.2) is 0 Å². The van der Waals surface area contributed by atoms with Crippen molar-refractivity contribution < 1.29 is 4.79 Å². The summed E-state index contributed by atoms with van der Waals surface area (Å²) in [5, 5.41) is 17.1. The number of carbonyl (C=O) groups excluding carboxylic acids is 1. The van der Waals surface area contributed by atoms with Gasteiger partial charge in [0.05, 0.1) is 21.6 Å². The number of H-pyrrole nitrogens is 1. The largest absolute Gasteiger partial charge is 0.304 e. The number of nitrogens with one attached hydrogen (secondary N) is 2. The van der Waals surface area contributed by atoms with Gasteiger partial charge in [-0.1, -0.05) is 42.5 Å². The molecule has 30 heavy (non-hydrogen) atoms. The molecule has 5 aromatic rings. The third-order valence-electron chi connectivity index (χ3n) is 4.63. The molecule has 3 aromatic heterocycles. The van der Waals surface area contributed by atoms with Crippen molar-refractivity contribution >= 4 is 33.8 Å². The lowest BCUT2D eigenvalue weighted by molar-refractivity contribution is 0.102. The van der Waals surface area contributed by atoms with Crippen LogP contribution in [0.1, 0.15) is 10.5 Å². The van der Waals surface area contributed by atoms with Gasteiger partial charge < -0.3 is 5.32 Å². The van der Waals surface area contributed by atoms with Crippen LogP contribution in [0.3, 0.4) is 0 Å². The fraction of sp³-hybridized carbons (Fsp3) is 0. The van der Waals surface area contributed by atoms with E-state index in [1.807, 2.05) is 35.7 Å². The van der Waals surface area contributed by atoms with Crippen molar-refractivity contribution in [1.82, 2.24) is 20.0 Å². The highest BCUT2D eigenvalue weighted by atomic mass is 32.1. The minimum Gasteiger partial charge on any atom is -0.304 e. The summed E-state index contributed by atoms with van der Waals surface area (Å²) >= 11 is 1.57. The second-order valence-electron chi connectivity index (χ2n) is 6.54. The van der Waals surface area contributed by atoms with E-state index in [9.17, 15) is 9.59 Å². The van der Waals surface area contributed by atoms with Crippen LogP contribution in [0.15, 0.2) is 83.0 Å². The summed E-state index contributed by atoms with van der Waals surface area (Å²) in [5.74, 6) is -0.0631. The number of nitrogens with zero attached hydrogens (tertiary/aromatic N) is 3. The van der Waals surface area contributed by atoms with Gasteiger partial charge in [-0.2, -0.15) is 14.9 Å². The molecule has 1 amide bonds. The Labute approximate surface area is 174 Å². The van der Waals surface area contributed by atoms with E-state index in [1.165, 1.54) is 4.68 Å². The lowest BCUT2D eigenvalue weighted by Gasteiger charge is -2.10. The lowest BCUT2D eigenvalue weighted by atomic mass is 10.1. The quantitative estimate of drug-likeness (QED) is 0.464. The van der Waals surface area contributed by atoms with E-state index in [0.29, 0.717) is 22.3 Å². The maximum Gasteiger partial charge on any atom is 0.279 e. The second-order valence-corrected chi connectivity index (χ2v) is 7.49. The number of fused-ring (bicyclic) bond motifs is 1. The van der Waals surface area contributed by atoms with Crippen LogP contribution in [0.2, 0.25) is 0 Å². The topological polar surface area (TPSA) is 92.7 Å². The molecule has 0 radical (unpaired) electrons. The Morgan fingerprint density at radius 3 is 2.50 bits per heavy atom. The number of benzene rings is 2. The predicted molar refractivity (Wildman–Crippen MR) is 117 cm³/mol. The average molecular weight is 413 g/mol. The molecule has 0 saturated carbocycles. The van der Waals surface area contributed by atoms with Crippen molar-refractivity contribution in [3.63, 3.8) is 0 Å². The molecule has 0 unspecified atom stereocenters. The highest BCUT2D eigenvalue weighted by Gasteiger charge is 2.18. The first kappa shape index (κ1) is 18.0. The SMILES string of the molecule is O=C(Nc1cc(-c2cccs2)[nH]n1)c1nn(-c2ccccc2)c(=O)c2ccccc12. The molecule has 0 aliphatic heterocycles. The van der Waals surface area contributed by atoms with Gasteiger partial charge in [0.15, 0.2) is 11.5 Å². The molecule has 2 aromatic carbocycles. The van der Waals surface area contributed by atoms with E-state index < -0.39 is 5.91 Å². The first-order valence-electron chi connectivity index (χ1n) is 9.19. The van der Waals surface area contributed by atoms with Crippen molar-refractivity contribution in [2.24, 2.45) is 0 Å². The maximum atomic E-state index is 13.1. The smallest absolute Gasteiger partial charge is 0.279 e. The minimum absolute atomic E-state index is 0.148. The highest BCUT2D eigenvalue weighted by Crippen LogP contribution is 2.25. The second kappa shape index (κ2) is 7.41. The monoisotopic (exact) mass is 413 g/mol. The van der Waals surface area contributed by atoms with Crippen LogP contribution in [-0.4, -0.2) is 25.9 Å². The zero-order chi connectivity index (χ0) is 20.5. The lowest BCUT2D eigenvalue weighted by Crippen LogP contribution is -2.26. The van der Waals surface area contributed by atoms with E-state index in [-0.39, 0.29) is 11.3 Å². The standard InChI is InChI=1S/C22H15N5O2S/c28-21(23-19-13-17(24-25-19)18-11-6-12-30-18)20-15-9-4-5-10-16(15)22(29)27(26-20)14-7-2-1-3-8-14/h1-13H,(H2,23,24,25,28). The molecule has 8 heteroatoms. The fourth-order valence-electron chi connectivity index (χ4n) is 3.22. The molecule has 0 bridgehead atoms. The van der Waals surface area contributed by atoms with Gasteiger partial charge in [0, 0.05) is 11.5 Å². The molecule has 0 aliphatic rings. The molecular formula is C22H15N5O2S. The van der Waals surface area contributed by atoms with Crippen molar-refractivity contribution in [2.45, 2.75) is 0 Å². The zero-order valence-corrected chi connectivity index (χ0v) is 16.4. The number of rotatable bonds is 4. The van der Waals surface area contributed by atoms with Crippen LogP contribution < -0.4 is 10.9 Å². The number of para-hydroxylation sites is 1. The van der Waals surface area contributed by atoms with E-state index in [4.69, 9.17) is 0 Å². The Hall–Kier alpha value is -4.04. The Morgan fingerprint density at radius 2 is 1.73 bits per heavy atom. The third kappa shape index (κ3) is 3.19. The molecule has 0 fully saturated rings. The van der Waals surface area contributed by atoms with Crippen LogP contribution in [0.25, 0.3) is 27.0 Å². The van der Waals surface area contributed by atoms with Crippen molar-refractivity contribution in [3.8, 4) is 16.3 Å². The molecule has 3 heterocycles. The van der Waals surface area contributed by atoms with Crippen molar-refractivity contribution in [2.75, 3.05) is 5.32 Å². The summed E-state index contributed by atoms with van der Waals surface area (Å²) in [6.45, 7) is 0. The van der Waals surface area contributed by atoms with Gasteiger partial charge in [0.25, 0.3) is 11.5 Å². The first-order valence-corrected chi connectivity index (χ1v) is 10.1. The third-order valence-corrected chi connectivity index (χ3v) is 5.53. The normalized spacial score (nSPS) is 10.9. The number of hydrogen-bond acceptors (Lipinski definition) is 5. The first-order chi connectivity index (χ1) is 14.7. The van der Waals surface area contributed by atoms with Crippen LogP contribution in [-0.2, 0) is 0 Å². The highest BCUT2D eigenvalue weighted by molar-refractivity contribution is 7.13. The fourth-order valence-corrected chi connectivity index (χ4v) is 3.91. The van der Waals surface area contributed by atoms with E-state index in [0.717, 1.165) is 10.6 Å². The molecule has 7 nitrogen and oxygen atoms in total. The van der Waals surface area contributed by atoms with Gasteiger partial charge in [0.1, 0.15) is 0 Å². The number of carbonyl (C=O) groups is 1. The van der Waals surface area contributed by atoms with Crippen LogP contribution in [0.5, 0.6) is 0 Å². The number of anilines is 1. The molecule has 2 N–H and O–H groups in total. The molecular weight excluding hydrogens is 398 g/mol. The maximum absolute atomic E-state index is 13.1. The molecule has 146 valence electrons. The summed E-state index contributed by atoms with van der Waals surface area (Å²) in [5.41, 5.74) is 1.26. The molecule has 0 aliphatic carbocycles. The van der Waals surface area contributed by atoms with Gasteiger partial charge in [0.2, 0.25) is 0 Å². The van der Waals surface area contributed by atoms with E-state index in [2.05, 4.69) is 20.6 Å². The number of thiophene rings is 1.